The van der Waals surface area contributed by atoms with Crippen molar-refractivity contribution in [2.24, 2.45) is 0 Å². The summed E-state index contributed by atoms with van der Waals surface area (Å²) in [6.45, 7) is 1.88. The lowest BCUT2D eigenvalue weighted by molar-refractivity contribution is -0.134. The van der Waals surface area contributed by atoms with Crippen LogP contribution in [0.4, 0.5) is 0 Å². The number of fused-ring (bicyclic) bond motifs is 15. The first kappa shape index (κ1) is 33.8. The summed E-state index contributed by atoms with van der Waals surface area (Å²) in [6, 6.07) is 17.7. The molecule has 1 spiro atoms. The van der Waals surface area contributed by atoms with Crippen LogP contribution in [0.1, 0.15) is 41.4 Å². The molecule has 1 aliphatic carbocycles. The predicted molar refractivity (Wildman–Crippen MR) is 179 cm³/mol. The summed E-state index contributed by atoms with van der Waals surface area (Å²) in [5.41, 5.74) is 0.481. The summed E-state index contributed by atoms with van der Waals surface area (Å²) >= 11 is 0. The molecule has 5 amide bonds. The molecule has 2 bridgehead atoms. The van der Waals surface area contributed by atoms with Crippen molar-refractivity contribution in [1.29, 1.82) is 0 Å². The van der Waals surface area contributed by atoms with Gasteiger partial charge in [-0.2, -0.15) is 0 Å². The van der Waals surface area contributed by atoms with Gasteiger partial charge in [0.1, 0.15) is 60.2 Å². The van der Waals surface area contributed by atoms with Gasteiger partial charge in [-0.25, -0.2) is 4.98 Å². The first-order valence-electron chi connectivity index (χ1n) is 16.3. The van der Waals surface area contributed by atoms with Crippen molar-refractivity contribution in [1.82, 2.24) is 46.3 Å². The van der Waals surface area contributed by atoms with Crippen molar-refractivity contribution in [3.05, 3.63) is 102 Å². The highest BCUT2D eigenvalue weighted by molar-refractivity contribution is 5.99. The second-order valence-electron chi connectivity index (χ2n) is 12.3. The van der Waals surface area contributed by atoms with E-state index >= 15 is 0 Å². The lowest BCUT2D eigenvalue weighted by Crippen LogP contribution is -2.59. The molecule has 3 atom stereocenters. The topological polar surface area (TPSA) is 198 Å². The van der Waals surface area contributed by atoms with Crippen LogP contribution in [-0.2, 0) is 32.0 Å². The number of hydrogen-bond acceptors (Lipinski definition) is 9. The first-order valence-corrected chi connectivity index (χ1v) is 16.3. The third-order valence-electron chi connectivity index (χ3n) is 8.51. The summed E-state index contributed by atoms with van der Waals surface area (Å²) in [4.78, 5) is 71.8. The van der Waals surface area contributed by atoms with Gasteiger partial charge in [-0.3, -0.25) is 28.5 Å². The molecule has 50 heavy (non-hydrogen) atoms. The number of carbonyl (C=O) groups excluding carboxylic acids is 5. The Hall–Kier alpha value is -6.12. The van der Waals surface area contributed by atoms with E-state index in [-0.39, 0.29) is 37.6 Å². The van der Waals surface area contributed by atoms with Crippen LogP contribution in [0.15, 0.2) is 85.5 Å². The average Bonchev–Trinajstić information content (AvgIpc) is 3.69. The lowest BCUT2D eigenvalue weighted by atomic mass is 10.0. The number of pyridine rings is 1. The molecule has 1 saturated carbocycles. The van der Waals surface area contributed by atoms with Gasteiger partial charge < -0.3 is 31.3 Å². The van der Waals surface area contributed by atoms with E-state index in [1.54, 1.807) is 36.4 Å². The summed E-state index contributed by atoms with van der Waals surface area (Å²) in [7, 11) is 0. The van der Waals surface area contributed by atoms with Crippen LogP contribution in [0.3, 0.4) is 0 Å². The number of hydrogen-bond donors (Lipinski definition) is 5. The van der Waals surface area contributed by atoms with Crippen LogP contribution in [0.25, 0.3) is 5.82 Å². The standard InChI is InChI=1S/C35H37N9O6/c1-22-30(45)41-28(18-23-6-3-2-4-7-23)33(48)43-35(14-15-35)34(49)36-16-17-50-25-12-10-24(11-13-25)19-27(32(47)39-22)42-31(46)26-8-5-9-29(40-26)44-20-37-38-21-44/h2-13,20-22,27-28H,14-19H2,1H3,(H,36,49)(H,39,47)(H,41,45)(H,42,46)(H,43,48)/t22-,27-,28+/m0/s1. The van der Waals surface area contributed by atoms with E-state index in [0.717, 1.165) is 5.56 Å². The molecule has 15 nitrogen and oxygen atoms in total. The number of carbonyl (C=O) groups is 5. The molecule has 2 aromatic carbocycles. The SMILES string of the molecule is C[C@@H]1NC(=O)[C@@H](NC(=O)c2cccc(-n3cnnc3)n2)Cc2ccc(cc2)OCCNC(=O)C2(CC2)NC(=O)[C@@H](Cc2ccccc2)NC1=O. The highest BCUT2D eigenvalue weighted by Crippen LogP contribution is 2.35. The zero-order valence-corrected chi connectivity index (χ0v) is 27.3. The second-order valence-corrected chi connectivity index (χ2v) is 12.3. The van der Waals surface area contributed by atoms with E-state index in [1.807, 2.05) is 30.3 Å². The molecule has 4 heterocycles. The summed E-state index contributed by atoms with van der Waals surface area (Å²) in [6.07, 6.45) is 4.03. The highest BCUT2D eigenvalue weighted by atomic mass is 16.5. The van der Waals surface area contributed by atoms with Crippen molar-refractivity contribution in [2.75, 3.05) is 13.2 Å². The summed E-state index contributed by atoms with van der Waals surface area (Å²) in [5.74, 6) is -1.74. The number of amides is 5. The van der Waals surface area contributed by atoms with Gasteiger partial charge in [0.2, 0.25) is 23.6 Å². The molecular weight excluding hydrogens is 642 g/mol. The molecule has 2 aromatic heterocycles. The van der Waals surface area contributed by atoms with Crippen LogP contribution < -0.4 is 31.3 Å². The monoisotopic (exact) mass is 679 g/mol. The zero-order chi connectivity index (χ0) is 35.1. The molecule has 258 valence electrons. The van der Waals surface area contributed by atoms with Crippen molar-refractivity contribution < 1.29 is 28.7 Å². The third-order valence-corrected chi connectivity index (χ3v) is 8.51. The maximum atomic E-state index is 13.7. The van der Waals surface area contributed by atoms with E-state index in [4.69, 9.17) is 4.74 Å². The Morgan fingerprint density at radius 1 is 0.900 bits per heavy atom. The van der Waals surface area contributed by atoms with Crippen molar-refractivity contribution in [3.63, 3.8) is 0 Å². The van der Waals surface area contributed by atoms with Crippen molar-refractivity contribution in [3.8, 4) is 11.6 Å². The second kappa shape index (κ2) is 15.0. The predicted octanol–water partition coefficient (Wildman–Crippen LogP) is 0.393. The fourth-order valence-corrected chi connectivity index (χ4v) is 5.51. The van der Waals surface area contributed by atoms with Gasteiger partial charge in [0.25, 0.3) is 5.91 Å². The fourth-order valence-electron chi connectivity index (χ4n) is 5.51. The van der Waals surface area contributed by atoms with Crippen LogP contribution in [-0.4, -0.2) is 86.1 Å². The van der Waals surface area contributed by atoms with Gasteiger partial charge in [-0.1, -0.05) is 48.5 Å². The number of rotatable bonds is 5. The molecule has 3 aliphatic rings. The molecule has 4 aromatic rings. The Labute approximate surface area is 287 Å². The van der Waals surface area contributed by atoms with E-state index in [9.17, 15) is 24.0 Å². The number of benzene rings is 2. The van der Waals surface area contributed by atoms with Gasteiger partial charge >= 0.3 is 0 Å². The number of aromatic nitrogens is 4. The minimum atomic E-state index is -1.11. The van der Waals surface area contributed by atoms with E-state index in [2.05, 4.69) is 41.8 Å². The van der Waals surface area contributed by atoms with Crippen LogP contribution in [0.2, 0.25) is 0 Å². The number of nitrogens with zero attached hydrogens (tertiary/aromatic N) is 4. The van der Waals surface area contributed by atoms with Crippen LogP contribution in [0, 0.1) is 0 Å². The summed E-state index contributed by atoms with van der Waals surface area (Å²) in [5, 5.41) is 21.4. The quantitative estimate of drug-likeness (QED) is 0.185. The Morgan fingerprint density at radius 3 is 2.36 bits per heavy atom. The maximum Gasteiger partial charge on any atom is 0.270 e. The molecule has 0 unspecified atom stereocenters. The van der Waals surface area contributed by atoms with E-state index in [1.165, 1.54) is 30.2 Å². The Balaban J connectivity index is 1.24. The highest BCUT2D eigenvalue weighted by Gasteiger charge is 2.51. The van der Waals surface area contributed by atoms with Crippen LogP contribution in [0.5, 0.6) is 5.75 Å². The number of nitrogens with one attached hydrogen (secondary N) is 5. The van der Waals surface area contributed by atoms with Crippen LogP contribution >= 0.6 is 0 Å². The number of ether oxygens (including phenoxy) is 1. The molecule has 1 fully saturated rings. The smallest absolute Gasteiger partial charge is 0.270 e. The van der Waals surface area contributed by atoms with Crippen molar-refractivity contribution in [2.45, 2.75) is 56.3 Å². The molecule has 5 N–H and O–H groups in total. The van der Waals surface area contributed by atoms with Gasteiger partial charge in [0.05, 0.1) is 6.54 Å². The molecule has 0 radical (unpaired) electrons. The Morgan fingerprint density at radius 2 is 1.64 bits per heavy atom. The van der Waals surface area contributed by atoms with Crippen molar-refractivity contribution >= 4 is 29.5 Å². The minimum absolute atomic E-state index is 0.0558. The van der Waals surface area contributed by atoms with E-state index in [0.29, 0.717) is 30.0 Å². The normalized spacial score (nSPS) is 21.2. The van der Waals surface area contributed by atoms with Gasteiger partial charge in [-0.05, 0) is 55.2 Å². The molecule has 7 rings (SSSR count). The van der Waals surface area contributed by atoms with Gasteiger partial charge in [0.15, 0.2) is 0 Å². The van der Waals surface area contributed by atoms with E-state index < -0.39 is 47.3 Å². The zero-order valence-electron chi connectivity index (χ0n) is 27.3. The van der Waals surface area contributed by atoms with Gasteiger partial charge in [-0.15, -0.1) is 10.2 Å². The molecule has 2 aliphatic heterocycles. The third kappa shape index (κ3) is 8.29. The lowest BCUT2D eigenvalue weighted by Gasteiger charge is -2.25. The Kier molecular flexibility index (Phi) is 10.1. The largest absolute Gasteiger partial charge is 0.492 e. The Bertz CT molecular complexity index is 1850. The summed E-state index contributed by atoms with van der Waals surface area (Å²) < 4.78 is 7.34. The molecule has 0 saturated heterocycles. The minimum Gasteiger partial charge on any atom is -0.492 e. The maximum absolute atomic E-state index is 13.7. The van der Waals surface area contributed by atoms with Gasteiger partial charge in [0, 0.05) is 12.8 Å². The molecule has 15 heteroatoms. The fraction of sp³-hybridized carbons (Fsp3) is 0.314. The molecular formula is C35H37N9O6. The average molecular weight is 680 g/mol. The first-order chi connectivity index (χ1) is 24.2.